The van der Waals surface area contributed by atoms with Crippen molar-refractivity contribution in [2.75, 3.05) is 0 Å². The molecular weight excluding hydrogens is 259 g/mol. The molecule has 0 atom stereocenters. The molecular formula is C20H13F. The van der Waals surface area contributed by atoms with E-state index in [1.807, 2.05) is 6.07 Å². The summed E-state index contributed by atoms with van der Waals surface area (Å²) in [4.78, 5) is 0. The Hall–Kier alpha value is -2.41. The van der Waals surface area contributed by atoms with Crippen LogP contribution in [0.25, 0.3) is 0 Å². The van der Waals surface area contributed by atoms with Crippen molar-refractivity contribution in [3.63, 3.8) is 0 Å². The Balaban J connectivity index is 1.95. The molecule has 0 heterocycles. The molecule has 6 rings (SSSR count). The van der Waals surface area contributed by atoms with Crippen molar-refractivity contribution in [3.8, 4) is 0 Å². The van der Waals surface area contributed by atoms with Gasteiger partial charge in [-0.15, -0.1) is 0 Å². The van der Waals surface area contributed by atoms with Gasteiger partial charge in [0.25, 0.3) is 0 Å². The Morgan fingerprint density at radius 3 is 1.57 bits per heavy atom. The lowest BCUT2D eigenvalue weighted by atomic mass is 9.61. The minimum Gasteiger partial charge on any atom is -0.207 e. The van der Waals surface area contributed by atoms with Gasteiger partial charge in [-0.25, -0.2) is 4.39 Å². The van der Waals surface area contributed by atoms with E-state index in [2.05, 4.69) is 54.6 Å². The van der Waals surface area contributed by atoms with Gasteiger partial charge in [0.05, 0.1) is 0 Å². The smallest absolute Gasteiger partial charge is 0.127 e. The van der Waals surface area contributed by atoms with Gasteiger partial charge in [0.2, 0.25) is 0 Å². The Bertz CT molecular complexity index is 831. The van der Waals surface area contributed by atoms with Crippen LogP contribution in [0.4, 0.5) is 4.39 Å². The fourth-order valence-corrected chi connectivity index (χ4v) is 4.16. The molecule has 1 heteroatoms. The fourth-order valence-electron chi connectivity index (χ4n) is 4.16. The molecule has 3 aromatic carbocycles. The van der Waals surface area contributed by atoms with Gasteiger partial charge in [0.15, 0.2) is 0 Å². The predicted octanol–water partition coefficient (Wildman–Crippen LogP) is 4.81. The summed E-state index contributed by atoms with van der Waals surface area (Å²) in [6.07, 6.45) is 0. The van der Waals surface area contributed by atoms with Gasteiger partial charge in [0, 0.05) is 17.4 Å². The van der Waals surface area contributed by atoms with Crippen molar-refractivity contribution in [1.82, 2.24) is 0 Å². The Labute approximate surface area is 122 Å². The van der Waals surface area contributed by atoms with E-state index in [1.165, 1.54) is 22.3 Å². The third-order valence-electron chi connectivity index (χ3n) is 4.92. The molecule has 0 fully saturated rings. The SMILES string of the molecule is Fc1cccc2c1C1c3ccccc3C2c2ccccc21. The van der Waals surface area contributed by atoms with Crippen LogP contribution in [0.2, 0.25) is 0 Å². The summed E-state index contributed by atoms with van der Waals surface area (Å²) in [5, 5.41) is 0. The quantitative estimate of drug-likeness (QED) is 0.379. The maximum Gasteiger partial charge on any atom is 0.127 e. The highest BCUT2D eigenvalue weighted by Gasteiger charge is 2.42. The summed E-state index contributed by atoms with van der Waals surface area (Å²) in [6, 6.07) is 22.5. The second-order valence-electron chi connectivity index (χ2n) is 5.87. The summed E-state index contributed by atoms with van der Waals surface area (Å²) in [5.41, 5.74) is 7.20. The Morgan fingerprint density at radius 1 is 0.524 bits per heavy atom. The molecule has 0 saturated carbocycles. The number of benzene rings is 3. The lowest BCUT2D eigenvalue weighted by molar-refractivity contribution is 0.587. The molecule has 0 nitrogen and oxygen atoms in total. The summed E-state index contributed by atoms with van der Waals surface area (Å²) < 4.78 is 14.5. The standard InChI is InChI=1S/C20H13F/c21-17-11-5-10-16-18-12-6-1-3-8-14(12)19(20(16)17)15-9-4-2-7-13(15)18/h1-11,18-19H. The third kappa shape index (κ3) is 1.29. The van der Waals surface area contributed by atoms with E-state index < -0.39 is 0 Å². The minimum atomic E-state index is -0.0773. The first-order valence-corrected chi connectivity index (χ1v) is 7.32. The van der Waals surface area contributed by atoms with Crippen LogP contribution >= 0.6 is 0 Å². The van der Waals surface area contributed by atoms with Crippen LogP contribution < -0.4 is 0 Å². The molecule has 0 spiro atoms. The van der Waals surface area contributed by atoms with Gasteiger partial charge in [-0.2, -0.15) is 0 Å². The number of rotatable bonds is 0. The molecule has 0 unspecified atom stereocenters. The topological polar surface area (TPSA) is 0 Å². The molecule has 0 radical (unpaired) electrons. The second-order valence-corrected chi connectivity index (χ2v) is 5.87. The van der Waals surface area contributed by atoms with Crippen LogP contribution in [-0.2, 0) is 0 Å². The van der Waals surface area contributed by atoms with E-state index in [9.17, 15) is 4.39 Å². The van der Waals surface area contributed by atoms with Crippen molar-refractivity contribution in [3.05, 3.63) is 106 Å². The third-order valence-corrected chi connectivity index (χ3v) is 4.92. The molecule has 3 aliphatic rings. The van der Waals surface area contributed by atoms with Gasteiger partial charge in [-0.3, -0.25) is 0 Å². The zero-order chi connectivity index (χ0) is 14.0. The van der Waals surface area contributed by atoms with Crippen LogP contribution in [-0.4, -0.2) is 0 Å². The summed E-state index contributed by atoms with van der Waals surface area (Å²) in [5.74, 6) is 0.137. The zero-order valence-corrected chi connectivity index (χ0v) is 11.4. The lowest BCUT2D eigenvalue weighted by Gasteiger charge is -2.42. The molecule has 0 N–H and O–H groups in total. The molecule has 2 bridgehead atoms. The van der Waals surface area contributed by atoms with Crippen molar-refractivity contribution in [2.24, 2.45) is 0 Å². The van der Waals surface area contributed by atoms with Gasteiger partial charge in [0.1, 0.15) is 5.82 Å². The Kier molecular flexibility index (Phi) is 2.05. The molecule has 0 aliphatic heterocycles. The van der Waals surface area contributed by atoms with Crippen molar-refractivity contribution >= 4 is 0 Å². The van der Waals surface area contributed by atoms with Crippen LogP contribution in [0.15, 0.2) is 66.7 Å². The average molecular weight is 272 g/mol. The van der Waals surface area contributed by atoms with Gasteiger partial charge in [-0.1, -0.05) is 60.7 Å². The monoisotopic (exact) mass is 272 g/mol. The maximum absolute atomic E-state index is 14.5. The van der Waals surface area contributed by atoms with Crippen LogP contribution in [0, 0.1) is 5.82 Å². The van der Waals surface area contributed by atoms with Crippen LogP contribution in [0.3, 0.4) is 0 Å². The molecule has 0 aromatic heterocycles. The first-order chi connectivity index (χ1) is 10.4. The largest absolute Gasteiger partial charge is 0.207 e. The number of hydrogen-bond acceptors (Lipinski definition) is 0. The van der Waals surface area contributed by atoms with Crippen LogP contribution in [0.1, 0.15) is 45.2 Å². The van der Waals surface area contributed by atoms with Crippen molar-refractivity contribution < 1.29 is 4.39 Å². The van der Waals surface area contributed by atoms with Crippen molar-refractivity contribution in [2.45, 2.75) is 11.8 Å². The van der Waals surface area contributed by atoms with E-state index in [-0.39, 0.29) is 17.7 Å². The highest BCUT2D eigenvalue weighted by atomic mass is 19.1. The van der Waals surface area contributed by atoms with Crippen LogP contribution in [0.5, 0.6) is 0 Å². The van der Waals surface area contributed by atoms with Gasteiger partial charge >= 0.3 is 0 Å². The second kappa shape index (κ2) is 3.82. The molecule has 21 heavy (non-hydrogen) atoms. The van der Waals surface area contributed by atoms with Gasteiger partial charge < -0.3 is 0 Å². The summed E-state index contributed by atoms with van der Waals surface area (Å²) in [7, 11) is 0. The van der Waals surface area contributed by atoms with Gasteiger partial charge in [-0.05, 0) is 33.9 Å². The fraction of sp³-hybridized carbons (Fsp3) is 0.100. The summed E-state index contributed by atoms with van der Waals surface area (Å²) in [6.45, 7) is 0. The normalized spacial score (nSPS) is 20.6. The Morgan fingerprint density at radius 2 is 1.00 bits per heavy atom. The van der Waals surface area contributed by atoms with E-state index in [0.717, 1.165) is 11.1 Å². The zero-order valence-electron chi connectivity index (χ0n) is 11.4. The lowest BCUT2D eigenvalue weighted by Crippen LogP contribution is -2.28. The highest BCUT2D eigenvalue weighted by Crippen LogP contribution is 2.55. The average Bonchev–Trinajstić information content (AvgIpc) is 2.55. The molecule has 0 saturated heterocycles. The van der Waals surface area contributed by atoms with E-state index in [0.29, 0.717) is 0 Å². The first-order valence-electron chi connectivity index (χ1n) is 7.32. The van der Waals surface area contributed by atoms with E-state index >= 15 is 0 Å². The minimum absolute atomic E-state index is 0.0404. The maximum atomic E-state index is 14.5. The first kappa shape index (κ1) is 11.3. The van der Waals surface area contributed by atoms with E-state index in [1.54, 1.807) is 6.07 Å². The predicted molar refractivity (Wildman–Crippen MR) is 81.2 cm³/mol. The molecule has 100 valence electrons. The van der Waals surface area contributed by atoms with E-state index in [4.69, 9.17) is 0 Å². The number of halogens is 1. The molecule has 3 aliphatic carbocycles. The molecule has 0 amide bonds. The summed E-state index contributed by atoms with van der Waals surface area (Å²) >= 11 is 0. The van der Waals surface area contributed by atoms with Crippen molar-refractivity contribution in [1.29, 1.82) is 0 Å². The number of hydrogen-bond donors (Lipinski definition) is 0. The highest BCUT2D eigenvalue weighted by molar-refractivity contribution is 5.67. The molecule has 3 aromatic rings.